The molecule has 0 bridgehead atoms. The third-order valence-corrected chi connectivity index (χ3v) is 5.06. The molecule has 0 unspecified atom stereocenters. The molecule has 0 aliphatic heterocycles. The molecule has 1 aromatic heterocycles. The molecule has 0 saturated heterocycles. The van der Waals surface area contributed by atoms with Crippen molar-refractivity contribution in [1.82, 2.24) is 0 Å². The number of esters is 1. The van der Waals surface area contributed by atoms with Crippen LogP contribution in [0.2, 0.25) is 0 Å². The minimum atomic E-state index is -0.662. The van der Waals surface area contributed by atoms with Crippen molar-refractivity contribution in [3.05, 3.63) is 75.6 Å². The van der Waals surface area contributed by atoms with Crippen LogP contribution >= 0.6 is 0 Å². The first-order chi connectivity index (χ1) is 14.4. The van der Waals surface area contributed by atoms with Crippen molar-refractivity contribution < 1.29 is 23.5 Å². The third-order valence-electron chi connectivity index (χ3n) is 5.06. The second-order valence-corrected chi connectivity index (χ2v) is 7.21. The zero-order valence-corrected chi connectivity index (χ0v) is 17.3. The second kappa shape index (κ2) is 9.39. The van der Waals surface area contributed by atoms with E-state index >= 15 is 0 Å². The Morgan fingerprint density at radius 1 is 1.03 bits per heavy atom. The molecule has 0 aliphatic carbocycles. The summed E-state index contributed by atoms with van der Waals surface area (Å²) in [7, 11) is 0. The van der Waals surface area contributed by atoms with Crippen molar-refractivity contribution in [2.24, 2.45) is 0 Å². The van der Waals surface area contributed by atoms with Crippen LogP contribution in [0.5, 0.6) is 5.75 Å². The number of rotatable bonds is 8. The third kappa shape index (κ3) is 5.14. The van der Waals surface area contributed by atoms with Crippen LogP contribution in [0.4, 0.5) is 0 Å². The van der Waals surface area contributed by atoms with Gasteiger partial charge < -0.3 is 13.9 Å². The highest BCUT2D eigenvalue weighted by atomic mass is 16.6. The van der Waals surface area contributed by atoms with E-state index in [-0.39, 0.29) is 19.0 Å². The maximum Gasteiger partial charge on any atom is 0.344 e. The molecule has 2 aromatic carbocycles. The van der Waals surface area contributed by atoms with Gasteiger partial charge in [-0.25, -0.2) is 9.59 Å². The number of Topliss-reactive ketones (excluding diaryl/α,β-unsaturated/α-hetero) is 1. The molecule has 1 heterocycles. The molecule has 1 atom stereocenters. The van der Waals surface area contributed by atoms with Gasteiger partial charge in [0.1, 0.15) is 11.3 Å². The zero-order chi connectivity index (χ0) is 21.7. The summed E-state index contributed by atoms with van der Waals surface area (Å²) in [6.45, 7) is 5.34. The average molecular weight is 408 g/mol. The van der Waals surface area contributed by atoms with Crippen LogP contribution in [0.3, 0.4) is 0 Å². The van der Waals surface area contributed by atoms with Crippen molar-refractivity contribution in [2.45, 2.75) is 33.1 Å². The highest BCUT2D eigenvalue weighted by molar-refractivity contribution is 5.98. The van der Waals surface area contributed by atoms with E-state index in [1.54, 1.807) is 30.3 Å². The molecule has 0 aliphatic rings. The fourth-order valence-electron chi connectivity index (χ4n) is 3.04. The van der Waals surface area contributed by atoms with E-state index in [0.29, 0.717) is 22.8 Å². The number of fused-ring (bicyclic) bond motifs is 1. The molecule has 0 radical (unpaired) electrons. The minimum Gasteiger partial charge on any atom is -0.482 e. The quantitative estimate of drug-likeness (QED) is 0.312. The first-order valence-corrected chi connectivity index (χ1v) is 9.83. The number of benzene rings is 2. The number of carbonyl (C=O) groups is 2. The van der Waals surface area contributed by atoms with Crippen molar-refractivity contribution in [2.75, 3.05) is 13.2 Å². The van der Waals surface area contributed by atoms with Gasteiger partial charge in [-0.1, -0.05) is 38.1 Å². The predicted molar refractivity (Wildman–Crippen MR) is 113 cm³/mol. The number of ether oxygens (including phenoxy) is 2. The predicted octanol–water partition coefficient (Wildman–Crippen LogP) is 4.42. The fraction of sp³-hybridized carbons (Fsp3) is 0.292. The van der Waals surface area contributed by atoms with Crippen LogP contribution in [0.25, 0.3) is 11.0 Å². The van der Waals surface area contributed by atoms with E-state index in [1.807, 2.05) is 19.1 Å². The van der Waals surface area contributed by atoms with Crippen LogP contribution in [0.1, 0.15) is 47.7 Å². The van der Waals surface area contributed by atoms with E-state index in [2.05, 4.69) is 13.8 Å². The Kier molecular flexibility index (Phi) is 6.67. The standard InChI is InChI=1S/C24H24O6/c1-4-15(2)17-5-7-18(8-6-17)21(25)13-29-24(27)14-28-19-9-10-20-16(3)11-23(26)30-22(20)12-19/h5-12,15H,4,13-14H2,1-3H3/t15-/m0/s1. The summed E-state index contributed by atoms with van der Waals surface area (Å²) in [6.07, 6.45) is 1.02. The van der Waals surface area contributed by atoms with Gasteiger partial charge in [0.05, 0.1) is 0 Å². The van der Waals surface area contributed by atoms with E-state index in [0.717, 1.165) is 17.4 Å². The van der Waals surface area contributed by atoms with Gasteiger partial charge in [-0.2, -0.15) is 0 Å². The lowest BCUT2D eigenvalue weighted by atomic mass is 9.97. The largest absolute Gasteiger partial charge is 0.482 e. The summed E-state index contributed by atoms with van der Waals surface area (Å²) >= 11 is 0. The average Bonchev–Trinajstić information content (AvgIpc) is 2.75. The van der Waals surface area contributed by atoms with Gasteiger partial charge in [0.15, 0.2) is 19.0 Å². The van der Waals surface area contributed by atoms with Gasteiger partial charge in [-0.3, -0.25) is 4.79 Å². The van der Waals surface area contributed by atoms with Crippen molar-refractivity contribution in [3.63, 3.8) is 0 Å². The van der Waals surface area contributed by atoms with Crippen LogP contribution in [-0.4, -0.2) is 25.0 Å². The molecule has 6 nitrogen and oxygen atoms in total. The summed E-state index contributed by atoms with van der Waals surface area (Å²) in [6, 6.07) is 13.7. The van der Waals surface area contributed by atoms with Crippen LogP contribution < -0.4 is 10.4 Å². The maximum atomic E-state index is 12.2. The monoisotopic (exact) mass is 408 g/mol. The van der Waals surface area contributed by atoms with E-state index < -0.39 is 11.6 Å². The number of ketones is 1. The van der Waals surface area contributed by atoms with Gasteiger partial charge in [-0.05, 0) is 42.5 Å². The maximum absolute atomic E-state index is 12.2. The van der Waals surface area contributed by atoms with Gasteiger partial charge in [0.2, 0.25) is 0 Å². The molecule has 0 saturated carbocycles. The van der Waals surface area contributed by atoms with E-state index in [1.165, 1.54) is 11.6 Å². The molecule has 30 heavy (non-hydrogen) atoms. The molecule has 0 spiro atoms. The number of carbonyl (C=O) groups excluding carboxylic acids is 2. The van der Waals surface area contributed by atoms with Crippen molar-refractivity contribution in [3.8, 4) is 5.75 Å². The van der Waals surface area contributed by atoms with Crippen LogP contribution in [-0.2, 0) is 9.53 Å². The first-order valence-electron chi connectivity index (χ1n) is 9.83. The summed E-state index contributed by atoms with van der Waals surface area (Å²) in [5.41, 5.74) is 2.38. The van der Waals surface area contributed by atoms with Gasteiger partial charge in [0.25, 0.3) is 0 Å². The highest BCUT2D eigenvalue weighted by Crippen LogP contribution is 2.22. The Labute approximate surface area is 174 Å². The topological polar surface area (TPSA) is 82.8 Å². The minimum absolute atomic E-state index is 0.276. The molecule has 0 amide bonds. The number of aryl methyl sites for hydroxylation is 1. The second-order valence-electron chi connectivity index (χ2n) is 7.21. The van der Waals surface area contributed by atoms with Crippen molar-refractivity contribution >= 4 is 22.7 Å². The van der Waals surface area contributed by atoms with Gasteiger partial charge in [-0.15, -0.1) is 0 Å². The Morgan fingerprint density at radius 2 is 1.77 bits per heavy atom. The lowest BCUT2D eigenvalue weighted by molar-refractivity contribution is -0.144. The Bertz CT molecular complexity index is 1110. The smallest absolute Gasteiger partial charge is 0.344 e. The molecule has 3 aromatic rings. The van der Waals surface area contributed by atoms with E-state index in [9.17, 15) is 14.4 Å². The van der Waals surface area contributed by atoms with Gasteiger partial charge >= 0.3 is 11.6 Å². The first kappa shape index (κ1) is 21.3. The lowest BCUT2D eigenvalue weighted by Crippen LogP contribution is -2.19. The normalized spacial score (nSPS) is 11.8. The Morgan fingerprint density at radius 3 is 2.47 bits per heavy atom. The molecule has 6 heteroatoms. The molecule has 3 rings (SSSR count). The number of hydrogen-bond acceptors (Lipinski definition) is 6. The molecular weight excluding hydrogens is 384 g/mol. The van der Waals surface area contributed by atoms with E-state index in [4.69, 9.17) is 13.9 Å². The van der Waals surface area contributed by atoms with Crippen LogP contribution in [0.15, 0.2) is 57.7 Å². The van der Waals surface area contributed by atoms with Gasteiger partial charge in [0, 0.05) is 23.1 Å². The SMILES string of the molecule is CC[C@H](C)c1ccc(C(=O)COC(=O)COc2ccc3c(C)cc(=O)oc3c2)cc1. The molecule has 156 valence electrons. The summed E-state index contributed by atoms with van der Waals surface area (Å²) in [5, 5.41) is 0.787. The molecular formula is C24H24O6. The highest BCUT2D eigenvalue weighted by Gasteiger charge is 2.12. The zero-order valence-electron chi connectivity index (χ0n) is 17.3. The Balaban J connectivity index is 1.53. The van der Waals surface area contributed by atoms with Crippen molar-refractivity contribution in [1.29, 1.82) is 0 Å². The fourth-order valence-corrected chi connectivity index (χ4v) is 3.04. The molecule has 0 N–H and O–H groups in total. The number of hydrogen-bond donors (Lipinski definition) is 0. The molecule has 0 fully saturated rings. The van der Waals surface area contributed by atoms with Crippen LogP contribution in [0, 0.1) is 6.92 Å². The Hall–Kier alpha value is -3.41. The lowest BCUT2D eigenvalue weighted by Gasteiger charge is -2.10. The summed E-state index contributed by atoms with van der Waals surface area (Å²) in [5.74, 6) is -0.149. The summed E-state index contributed by atoms with van der Waals surface area (Å²) < 4.78 is 15.6. The summed E-state index contributed by atoms with van der Waals surface area (Å²) in [4.78, 5) is 35.7.